The van der Waals surface area contributed by atoms with Gasteiger partial charge in [-0.3, -0.25) is 9.63 Å². The van der Waals surface area contributed by atoms with E-state index in [1.165, 1.54) is 28.7 Å². The number of nitrogens with zero attached hydrogens (tertiary/aromatic N) is 5. The van der Waals surface area contributed by atoms with E-state index in [4.69, 9.17) is 9.57 Å². The molecule has 2 atom stereocenters. The molecule has 1 amide bonds. The number of hydrogen-bond acceptors (Lipinski definition) is 9. The highest BCUT2D eigenvalue weighted by Gasteiger charge is 2.31. The fourth-order valence-corrected chi connectivity index (χ4v) is 5.96. The summed E-state index contributed by atoms with van der Waals surface area (Å²) in [6.45, 7) is 5.94. The molecule has 3 aromatic carbocycles. The van der Waals surface area contributed by atoms with E-state index in [1.807, 2.05) is 23.3 Å². The maximum absolute atomic E-state index is 12.4. The third-order valence-electron chi connectivity index (χ3n) is 8.22. The Labute approximate surface area is 251 Å². The molecule has 0 spiro atoms. The summed E-state index contributed by atoms with van der Waals surface area (Å²) in [5.74, 6) is 1.57. The van der Waals surface area contributed by atoms with Gasteiger partial charge in [-0.2, -0.15) is 0 Å². The third kappa shape index (κ3) is 5.84. The molecule has 0 bridgehead atoms. The lowest BCUT2D eigenvalue weighted by Gasteiger charge is -2.26. The molecule has 0 saturated carbocycles. The van der Waals surface area contributed by atoms with Crippen molar-refractivity contribution < 1.29 is 14.4 Å². The van der Waals surface area contributed by atoms with Crippen molar-refractivity contribution >= 4 is 45.4 Å². The van der Waals surface area contributed by atoms with Crippen LogP contribution >= 0.6 is 0 Å². The summed E-state index contributed by atoms with van der Waals surface area (Å²) in [6, 6.07) is 20.9. The predicted octanol–water partition coefficient (Wildman–Crippen LogP) is 5.53. The van der Waals surface area contributed by atoms with Crippen molar-refractivity contribution in [1.29, 1.82) is 0 Å². The molecule has 2 fully saturated rings. The fourth-order valence-electron chi connectivity index (χ4n) is 5.96. The van der Waals surface area contributed by atoms with Crippen molar-refractivity contribution in [2.24, 2.45) is 0 Å². The highest BCUT2D eigenvalue weighted by molar-refractivity contribution is 6.02. The number of fused-ring (bicyclic) bond motifs is 1. The minimum absolute atomic E-state index is 0.00911. The molecule has 0 aliphatic carbocycles. The topological polar surface area (TPSA) is 95.1 Å². The zero-order valence-electron chi connectivity index (χ0n) is 24.8. The van der Waals surface area contributed by atoms with Gasteiger partial charge in [-0.15, -0.1) is 0 Å². The average Bonchev–Trinajstić information content (AvgIpc) is 3.72. The largest absolute Gasteiger partial charge is 0.494 e. The number of benzene rings is 3. The quantitative estimate of drug-likeness (QED) is 0.248. The lowest BCUT2D eigenvalue weighted by atomic mass is 9.97. The lowest BCUT2D eigenvalue weighted by Crippen LogP contribution is -2.31. The van der Waals surface area contributed by atoms with E-state index in [0.717, 1.165) is 31.6 Å². The van der Waals surface area contributed by atoms with E-state index in [-0.39, 0.29) is 11.9 Å². The highest BCUT2D eigenvalue weighted by Crippen LogP contribution is 2.41. The molecule has 1 aromatic heterocycles. The molecule has 10 nitrogen and oxygen atoms in total. The van der Waals surface area contributed by atoms with Crippen LogP contribution in [0.4, 0.5) is 28.7 Å². The van der Waals surface area contributed by atoms with Crippen LogP contribution in [-0.2, 0) is 9.63 Å². The van der Waals surface area contributed by atoms with Crippen LogP contribution in [0.5, 0.6) is 5.75 Å². The molecule has 222 valence electrons. The van der Waals surface area contributed by atoms with E-state index in [0.29, 0.717) is 41.4 Å². The van der Waals surface area contributed by atoms with Gasteiger partial charge in [0.2, 0.25) is 5.91 Å². The van der Waals surface area contributed by atoms with Gasteiger partial charge in [-0.25, -0.2) is 15.0 Å². The van der Waals surface area contributed by atoms with Gasteiger partial charge in [0.15, 0.2) is 5.82 Å². The summed E-state index contributed by atoms with van der Waals surface area (Å²) < 4.78 is 5.81. The average molecular weight is 580 g/mol. The first-order valence-corrected chi connectivity index (χ1v) is 14.5. The van der Waals surface area contributed by atoms with Crippen molar-refractivity contribution in [3.63, 3.8) is 0 Å². The Balaban J connectivity index is 1.30. The Hall–Kier alpha value is -4.67. The Morgan fingerprint density at radius 3 is 2.72 bits per heavy atom. The zero-order valence-corrected chi connectivity index (χ0v) is 24.8. The maximum Gasteiger partial charge on any atom is 0.247 e. The van der Waals surface area contributed by atoms with Crippen LogP contribution < -0.4 is 25.3 Å². The number of ether oxygens (including phenoxy) is 1. The van der Waals surface area contributed by atoms with Gasteiger partial charge in [-0.1, -0.05) is 49.0 Å². The van der Waals surface area contributed by atoms with E-state index < -0.39 is 0 Å². The van der Waals surface area contributed by atoms with Gasteiger partial charge < -0.3 is 25.2 Å². The number of nitrogens with one attached hydrogen (secondary N) is 2. The van der Waals surface area contributed by atoms with Gasteiger partial charge in [0.05, 0.1) is 36.8 Å². The standard InChI is InChI=1S/C33H37N7O3/c1-5-33(41)37-26-17-27(30(42-4)18-29(26)39-15-13-23(20-39)38(2)3)36-31-19-32(35-21-34-31)40-28(14-16-43-40)25-12-8-10-22-9-6-7-11-24(22)25/h5-12,17-19,21,23,28H,1,13-16,20H2,2-4H3,(H,37,41)(H,34,35,36)/t23-,28-/m1/s1. The Morgan fingerprint density at radius 1 is 1.09 bits per heavy atom. The summed E-state index contributed by atoms with van der Waals surface area (Å²) in [5.41, 5.74) is 3.42. The Kier molecular flexibility index (Phi) is 8.13. The number of rotatable bonds is 9. The molecule has 0 radical (unpaired) electrons. The van der Waals surface area contributed by atoms with Gasteiger partial charge in [0.1, 0.15) is 17.9 Å². The van der Waals surface area contributed by atoms with Gasteiger partial charge >= 0.3 is 0 Å². The van der Waals surface area contributed by atoms with Crippen molar-refractivity contribution in [2.45, 2.75) is 24.9 Å². The van der Waals surface area contributed by atoms with Crippen molar-refractivity contribution in [2.75, 3.05) is 61.5 Å². The van der Waals surface area contributed by atoms with Crippen LogP contribution in [-0.4, -0.2) is 67.7 Å². The molecular weight excluding hydrogens is 542 g/mol. The SMILES string of the molecule is C=CC(=O)Nc1cc(Nc2cc(N3OCC[C@@H]3c3cccc4ccccc34)ncn2)c(OC)cc1N1CC[C@@H](N(C)C)C1. The third-order valence-corrected chi connectivity index (χ3v) is 8.22. The number of aromatic nitrogens is 2. The van der Waals surface area contributed by atoms with Crippen LogP contribution in [0, 0.1) is 0 Å². The smallest absolute Gasteiger partial charge is 0.247 e. The number of anilines is 5. The molecule has 6 rings (SSSR count). The Morgan fingerprint density at radius 2 is 1.93 bits per heavy atom. The second-order valence-electron chi connectivity index (χ2n) is 11.0. The van der Waals surface area contributed by atoms with E-state index in [2.05, 4.69) is 93.5 Å². The van der Waals surface area contributed by atoms with E-state index in [1.54, 1.807) is 7.11 Å². The number of hydrogen-bond donors (Lipinski definition) is 2. The van der Waals surface area contributed by atoms with Gasteiger partial charge in [0, 0.05) is 37.7 Å². The number of carbonyl (C=O) groups excluding carboxylic acids is 1. The normalized spacial score (nSPS) is 18.3. The number of hydroxylamine groups is 1. The number of amides is 1. The lowest BCUT2D eigenvalue weighted by molar-refractivity contribution is -0.111. The first kappa shape index (κ1) is 28.4. The number of likely N-dealkylation sites (N-methyl/N-ethyl adjacent to an activating group) is 1. The Bertz CT molecular complexity index is 1640. The first-order chi connectivity index (χ1) is 20.9. The van der Waals surface area contributed by atoms with Crippen LogP contribution in [0.1, 0.15) is 24.4 Å². The molecule has 3 heterocycles. The van der Waals surface area contributed by atoms with Crippen LogP contribution in [0.2, 0.25) is 0 Å². The van der Waals surface area contributed by atoms with Crippen molar-refractivity contribution in [3.8, 4) is 5.75 Å². The summed E-state index contributed by atoms with van der Waals surface area (Å²) in [6.07, 6.45) is 4.67. The summed E-state index contributed by atoms with van der Waals surface area (Å²) >= 11 is 0. The molecule has 10 heteroatoms. The minimum Gasteiger partial charge on any atom is -0.494 e. The molecular formula is C33H37N7O3. The van der Waals surface area contributed by atoms with Crippen LogP contribution in [0.15, 0.2) is 79.6 Å². The summed E-state index contributed by atoms with van der Waals surface area (Å²) in [7, 11) is 5.82. The van der Waals surface area contributed by atoms with Crippen molar-refractivity contribution in [3.05, 3.63) is 85.2 Å². The van der Waals surface area contributed by atoms with Crippen LogP contribution in [0.25, 0.3) is 10.8 Å². The minimum atomic E-state index is -0.282. The monoisotopic (exact) mass is 579 g/mol. The molecule has 4 aromatic rings. The number of methoxy groups -OCH3 is 1. The maximum atomic E-state index is 12.4. The van der Waals surface area contributed by atoms with Crippen LogP contribution in [0.3, 0.4) is 0 Å². The van der Waals surface area contributed by atoms with Crippen molar-refractivity contribution in [1.82, 2.24) is 14.9 Å². The van der Waals surface area contributed by atoms with Gasteiger partial charge in [0.25, 0.3) is 0 Å². The fraction of sp³-hybridized carbons (Fsp3) is 0.303. The van der Waals surface area contributed by atoms with Gasteiger partial charge in [-0.05, 0) is 49.0 Å². The second-order valence-corrected chi connectivity index (χ2v) is 11.0. The first-order valence-electron chi connectivity index (χ1n) is 14.5. The molecule has 0 unspecified atom stereocenters. The molecule has 43 heavy (non-hydrogen) atoms. The number of carbonyl (C=O) groups is 1. The molecule has 2 aliphatic heterocycles. The molecule has 2 N–H and O–H groups in total. The molecule has 2 saturated heterocycles. The van der Waals surface area contributed by atoms with E-state index in [9.17, 15) is 4.79 Å². The highest BCUT2D eigenvalue weighted by atomic mass is 16.7. The van der Waals surface area contributed by atoms with E-state index >= 15 is 0 Å². The second kappa shape index (κ2) is 12.3. The summed E-state index contributed by atoms with van der Waals surface area (Å²) in [4.78, 5) is 32.1. The predicted molar refractivity (Wildman–Crippen MR) is 171 cm³/mol. The zero-order chi connectivity index (χ0) is 29.9. The summed E-state index contributed by atoms with van der Waals surface area (Å²) in [5, 5.41) is 10.6. The molecule has 2 aliphatic rings.